The number of piperazine rings is 1. The van der Waals surface area contributed by atoms with Crippen molar-refractivity contribution >= 4 is 56.8 Å². The van der Waals surface area contributed by atoms with Crippen LogP contribution in [-0.4, -0.2) is 93.6 Å². The predicted molar refractivity (Wildman–Crippen MR) is 187 cm³/mol. The highest BCUT2D eigenvalue weighted by molar-refractivity contribution is 6.15. The van der Waals surface area contributed by atoms with Crippen LogP contribution < -0.4 is 30.3 Å². The largest absolute Gasteiger partial charge is 0.503 e. The summed E-state index contributed by atoms with van der Waals surface area (Å²) in [6, 6.07) is 2.60. The van der Waals surface area contributed by atoms with E-state index in [9.17, 15) is 29.4 Å². The summed E-state index contributed by atoms with van der Waals surface area (Å²) in [6.45, 7) is 2.80. The monoisotopic (exact) mass is 704 g/mol. The number of rotatable bonds is 4. The van der Waals surface area contributed by atoms with Crippen LogP contribution in [0.3, 0.4) is 0 Å². The zero-order valence-corrected chi connectivity index (χ0v) is 28.2. The fraction of sp³-hybridized carbons (Fsp3) is 0.278. The van der Waals surface area contributed by atoms with E-state index in [1.54, 1.807) is 17.0 Å². The van der Waals surface area contributed by atoms with Crippen molar-refractivity contribution in [2.45, 2.75) is 31.3 Å². The van der Waals surface area contributed by atoms with E-state index < -0.39 is 17.5 Å². The number of likely N-dealkylation sites (tertiary alicyclic amines) is 1. The van der Waals surface area contributed by atoms with E-state index >= 15 is 0 Å². The van der Waals surface area contributed by atoms with Crippen LogP contribution in [0, 0.1) is 6.92 Å². The summed E-state index contributed by atoms with van der Waals surface area (Å²) in [6.07, 6.45) is 4.12. The fourth-order valence-corrected chi connectivity index (χ4v) is 9.18. The highest BCUT2D eigenvalue weighted by atomic mass is 16.5. The summed E-state index contributed by atoms with van der Waals surface area (Å²) >= 11 is 0. The van der Waals surface area contributed by atoms with Crippen LogP contribution in [-0.2, 0) is 18.4 Å². The van der Waals surface area contributed by atoms with Crippen LogP contribution >= 0.6 is 0 Å². The number of aromatic nitrogens is 3. The molecule has 10 rings (SSSR count). The maximum absolute atomic E-state index is 14.2. The van der Waals surface area contributed by atoms with Crippen LogP contribution in [0.4, 0.5) is 16.2 Å². The minimum Gasteiger partial charge on any atom is -0.503 e. The first-order valence-corrected chi connectivity index (χ1v) is 16.8. The third-order valence-electron chi connectivity index (χ3n) is 11.4. The van der Waals surface area contributed by atoms with Crippen LogP contribution in [0.15, 0.2) is 30.1 Å². The molecule has 4 amide bonds. The average Bonchev–Trinajstić information content (AvgIpc) is 3.85. The van der Waals surface area contributed by atoms with Gasteiger partial charge in [-0.15, -0.1) is 0 Å². The van der Waals surface area contributed by atoms with Gasteiger partial charge in [0.05, 0.1) is 54.1 Å². The molecule has 0 saturated carbocycles. The minimum absolute atomic E-state index is 0.0347. The number of aryl methyl sites for hydroxylation is 1. The molecule has 7 heterocycles. The third-order valence-corrected chi connectivity index (χ3v) is 11.4. The van der Waals surface area contributed by atoms with Gasteiger partial charge in [0.15, 0.2) is 23.0 Å². The van der Waals surface area contributed by atoms with Gasteiger partial charge in [-0.25, -0.2) is 4.79 Å². The number of ether oxygens (including phenoxy) is 2. The van der Waals surface area contributed by atoms with E-state index in [2.05, 4.69) is 20.3 Å². The summed E-state index contributed by atoms with van der Waals surface area (Å²) in [7, 11) is 2.77. The average molecular weight is 705 g/mol. The molecule has 1 aliphatic carbocycles. The lowest BCUT2D eigenvalue weighted by atomic mass is 9.85. The number of fused-ring (bicyclic) bond motifs is 7. The number of hydrogen-bond acceptors (Lipinski definition) is 9. The van der Waals surface area contributed by atoms with Gasteiger partial charge < -0.3 is 50.2 Å². The number of carbonyl (C=O) groups excluding carboxylic acids is 4. The number of H-pyrrole nitrogens is 3. The Kier molecular flexibility index (Phi) is 5.78. The van der Waals surface area contributed by atoms with E-state index in [0.717, 1.165) is 11.1 Å². The molecule has 0 radical (unpaired) electrons. The van der Waals surface area contributed by atoms with Gasteiger partial charge in [-0.2, -0.15) is 0 Å². The van der Waals surface area contributed by atoms with Gasteiger partial charge >= 0.3 is 6.03 Å². The van der Waals surface area contributed by atoms with Crippen molar-refractivity contribution in [3.05, 3.63) is 69.4 Å². The number of primary amides is 1. The Morgan fingerprint density at radius 2 is 1.44 bits per heavy atom. The fourth-order valence-electron chi connectivity index (χ4n) is 9.18. The minimum atomic E-state index is -0.717. The van der Waals surface area contributed by atoms with Gasteiger partial charge in [-0.3, -0.25) is 24.6 Å². The summed E-state index contributed by atoms with van der Waals surface area (Å²) in [5, 5.41) is 27.4. The lowest BCUT2D eigenvalue weighted by Gasteiger charge is -2.27. The number of amides is 4. The third kappa shape index (κ3) is 3.53. The SMILES string of the molecule is COc1c(O)c2c(c3cc(C(=O)N4CCc5c4c(O)c(OC)c4[nH]c(C(=O)N6CC7NC78C6=CC(=O)c6[nH]cc(C)c68)cc54)[nH]c13)CCN2C(N)=O. The van der Waals surface area contributed by atoms with Gasteiger partial charge in [0.2, 0.25) is 5.78 Å². The first-order valence-electron chi connectivity index (χ1n) is 16.8. The molecule has 8 N–H and O–H groups in total. The number of carbonyl (C=O) groups is 4. The Bertz CT molecular complexity index is 2580. The number of phenols is 2. The van der Waals surface area contributed by atoms with Gasteiger partial charge in [-0.05, 0) is 48.6 Å². The molecule has 5 aliphatic rings. The second-order valence-corrected chi connectivity index (χ2v) is 13.8. The first-order chi connectivity index (χ1) is 25.0. The number of allylic oxidation sites excluding steroid dienone is 1. The van der Waals surface area contributed by atoms with E-state index in [4.69, 9.17) is 15.2 Å². The van der Waals surface area contributed by atoms with Gasteiger partial charge in [0, 0.05) is 48.2 Å². The molecule has 2 aromatic carbocycles. The van der Waals surface area contributed by atoms with Crippen LogP contribution in [0.25, 0.3) is 21.8 Å². The van der Waals surface area contributed by atoms with E-state index in [-0.39, 0.29) is 76.6 Å². The number of anilines is 2. The van der Waals surface area contributed by atoms with E-state index in [1.807, 2.05) is 13.1 Å². The number of phenolic OH excluding ortho intramolecular Hbond substituents is 2. The van der Waals surface area contributed by atoms with Gasteiger partial charge in [0.25, 0.3) is 11.8 Å². The Hall–Kier alpha value is -6.42. The number of benzene rings is 2. The lowest BCUT2D eigenvalue weighted by molar-refractivity contribution is 0.0806. The number of ketones is 1. The molecule has 1 spiro atoms. The van der Waals surface area contributed by atoms with Crippen molar-refractivity contribution in [1.29, 1.82) is 0 Å². The zero-order chi connectivity index (χ0) is 36.1. The molecular formula is C36H32N8O8. The number of nitrogens with two attached hydrogens (primary N) is 1. The molecule has 16 nitrogen and oxygen atoms in total. The predicted octanol–water partition coefficient (Wildman–Crippen LogP) is 2.76. The Labute approximate surface area is 293 Å². The smallest absolute Gasteiger partial charge is 0.319 e. The van der Waals surface area contributed by atoms with Crippen molar-refractivity contribution < 1.29 is 38.9 Å². The van der Waals surface area contributed by atoms with Crippen molar-refractivity contribution in [3.8, 4) is 23.0 Å². The summed E-state index contributed by atoms with van der Waals surface area (Å²) in [5.41, 5.74) is 11.0. The summed E-state index contributed by atoms with van der Waals surface area (Å²) < 4.78 is 11.2. The molecule has 264 valence electrons. The molecule has 5 aromatic rings. The topological polar surface area (TPSA) is 232 Å². The Morgan fingerprint density at radius 3 is 2.02 bits per heavy atom. The van der Waals surface area contributed by atoms with Crippen LogP contribution in [0.1, 0.15) is 53.7 Å². The van der Waals surface area contributed by atoms with Gasteiger partial charge in [-0.1, -0.05) is 0 Å². The number of methoxy groups -OCH3 is 2. The number of nitrogens with zero attached hydrogens (tertiary/aromatic N) is 3. The maximum Gasteiger partial charge on any atom is 0.319 e. The normalized spacial score (nSPS) is 20.9. The molecule has 2 fully saturated rings. The van der Waals surface area contributed by atoms with Crippen molar-refractivity contribution in [2.75, 3.05) is 43.7 Å². The Balaban J connectivity index is 1.03. The first kappa shape index (κ1) is 30.4. The van der Waals surface area contributed by atoms with Crippen molar-refractivity contribution in [3.63, 3.8) is 0 Å². The molecule has 0 bridgehead atoms. The molecule has 4 aliphatic heterocycles. The number of urea groups is 1. The second kappa shape index (κ2) is 9.88. The highest BCUT2D eigenvalue weighted by Crippen LogP contribution is 2.56. The van der Waals surface area contributed by atoms with Gasteiger partial charge in [0.1, 0.15) is 16.9 Å². The molecule has 52 heavy (non-hydrogen) atoms. The van der Waals surface area contributed by atoms with Crippen molar-refractivity contribution in [2.24, 2.45) is 5.73 Å². The number of nitrogens with one attached hydrogen (secondary N) is 4. The molecule has 16 heteroatoms. The maximum atomic E-state index is 14.2. The lowest BCUT2D eigenvalue weighted by Crippen LogP contribution is -2.37. The summed E-state index contributed by atoms with van der Waals surface area (Å²) in [4.78, 5) is 67.3. The van der Waals surface area contributed by atoms with E-state index in [0.29, 0.717) is 63.7 Å². The zero-order valence-electron chi connectivity index (χ0n) is 28.2. The number of aromatic amines is 3. The standard InChI is InChI=1S/C36H32N8O8/c1-13-11-38-26-20(45)10-22-36(23(13)26)21(41-36)12-44(22)34(49)19-9-16-14-4-6-42(27(14)29(46)31(51-2)24(16)40-19)33(48)18-8-17-15-5-7-43(35(37)50)28(15)30(47)32(52-3)25(17)39-18/h8-11,21,38-41,46-47H,4-7,12H2,1-3H3,(H2,37,50). The van der Waals surface area contributed by atoms with E-state index in [1.165, 1.54) is 30.1 Å². The highest BCUT2D eigenvalue weighted by Gasteiger charge is 2.68. The molecule has 2 unspecified atom stereocenters. The molecule has 2 atom stereocenters. The molecule has 3 aromatic heterocycles. The van der Waals surface area contributed by atoms with Crippen LogP contribution in [0.5, 0.6) is 23.0 Å². The second-order valence-electron chi connectivity index (χ2n) is 13.8. The Morgan fingerprint density at radius 1 is 0.885 bits per heavy atom. The van der Waals surface area contributed by atoms with Crippen LogP contribution in [0.2, 0.25) is 0 Å². The number of aromatic hydroxyl groups is 2. The molecular weight excluding hydrogens is 672 g/mol. The number of hydrogen-bond donors (Lipinski definition) is 7. The quantitative estimate of drug-likeness (QED) is 0.136. The molecule has 2 saturated heterocycles. The van der Waals surface area contributed by atoms with Crippen molar-refractivity contribution in [1.82, 2.24) is 25.2 Å². The summed E-state index contributed by atoms with van der Waals surface area (Å²) in [5.74, 6) is -1.37.